The van der Waals surface area contributed by atoms with Gasteiger partial charge in [-0.25, -0.2) is 4.39 Å². The lowest BCUT2D eigenvalue weighted by molar-refractivity contribution is 0.253. The Morgan fingerprint density at radius 2 is 1.90 bits per heavy atom. The van der Waals surface area contributed by atoms with Gasteiger partial charge in [-0.3, -0.25) is 4.90 Å². The number of rotatable bonds is 2. The van der Waals surface area contributed by atoms with Crippen molar-refractivity contribution >= 4 is 0 Å². The summed E-state index contributed by atoms with van der Waals surface area (Å²) < 4.78 is 13.1. The summed E-state index contributed by atoms with van der Waals surface area (Å²) in [5, 5.41) is 0. The number of halogens is 1. The maximum atomic E-state index is 13.1. The van der Waals surface area contributed by atoms with Crippen molar-refractivity contribution in [1.29, 1.82) is 0 Å². The molecule has 0 amide bonds. The zero-order chi connectivity index (χ0) is 14.1. The van der Waals surface area contributed by atoms with Crippen LogP contribution in [0.2, 0.25) is 0 Å². The van der Waals surface area contributed by atoms with E-state index in [1.165, 1.54) is 22.3 Å². The van der Waals surface area contributed by atoms with Crippen LogP contribution >= 0.6 is 0 Å². The van der Waals surface area contributed by atoms with Gasteiger partial charge in [0.25, 0.3) is 0 Å². The van der Waals surface area contributed by atoms with Crippen molar-refractivity contribution in [2.24, 2.45) is 0 Å². The molecule has 3 rings (SSSR count). The van der Waals surface area contributed by atoms with Crippen molar-refractivity contribution in [1.82, 2.24) is 4.90 Å². The summed E-state index contributed by atoms with van der Waals surface area (Å²) in [6.45, 7) is 7.41. The van der Waals surface area contributed by atoms with Crippen molar-refractivity contribution in [2.45, 2.75) is 26.3 Å². The van der Waals surface area contributed by atoms with Gasteiger partial charge in [0.05, 0.1) is 0 Å². The predicted molar refractivity (Wildman–Crippen MR) is 80.4 cm³/mol. The minimum atomic E-state index is -0.166. The number of likely N-dealkylation sites (N-methyl/N-ethyl adjacent to an activating group) is 1. The van der Waals surface area contributed by atoms with Crippen LogP contribution in [0.15, 0.2) is 42.5 Å². The number of aryl methyl sites for hydroxylation is 1. The van der Waals surface area contributed by atoms with Crippen LogP contribution < -0.4 is 0 Å². The summed E-state index contributed by atoms with van der Waals surface area (Å²) in [6, 6.07) is 13.7. The highest BCUT2D eigenvalue weighted by molar-refractivity contribution is 5.42. The molecule has 0 N–H and O–H groups in total. The van der Waals surface area contributed by atoms with Gasteiger partial charge < -0.3 is 0 Å². The molecule has 104 valence electrons. The average molecular weight is 269 g/mol. The maximum absolute atomic E-state index is 13.1. The van der Waals surface area contributed by atoms with Gasteiger partial charge >= 0.3 is 0 Å². The summed E-state index contributed by atoms with van der Waals surface area (Å²) in [5.74, 6) is 0.181. The van der Waals surface area contributed by atoms with E-state index in [4.69, 9.17) is 0 Å². The molecular formula is C18H20FN. The van der Waals surface area contributed by atoms with Crippen LogP contribution in [-0.2, 0) is 6.54 Å². The van der Waals surface area contributed by atoms with E-state index in [1.807, 2.05) is 12.1 Å². The van der Waals surface area contributed by atoms with E-state index >= 15 is 0 Å². The fourth-order valence-corrected chi connectivity index (χ4v) is 3.09. The Kier molecular flexibility index (Phi) is 3.58. The zero-order valence-electron chi connectivity index (χ0n) is 12.1. The van der Waals surface area contributed by atoms with E-state index in [1.54, 1.807) is 12.1 Å². The van der Waals surface area contributed by atoms with Crippen LogP contribution in [0.4, 0.5) is 4.39 Å². The van der Waals surface area contributed by atoms with E-state index in [0.29, 0.717) is 5.92 Å². The van der Waals surface area contributed by atoms with Crippen LogP contribution in [0, 0.1) is 12.7 Å². The van der Waals surface area contributed by atoms with E-state index in [-0.39, 0.29) is 5.82 Å². The minimum absolute atomic E-state index is 0.166. The summed E-state index contributed by atoms with van der Waals surface area (Å²) in [4.78, 5) is 2.45. The first-order valence-electron chi connectivity index (χ1n) is 7.24. The molecular weight excluding hydrogens is 249 g/mol. The highest BCUT2D eigenvalue weighted by atomic mass is 19.1. The normalized spacial score (nSPS) is 18.9. The van der Waals surface area contributed by atoms with Crippen molar-refractivity contribution < 1.29 is 4.39 Å². The molecule has 0 aliphatic carbocycles. The van der Waals surface area contributed by atoms with Gasteiger partial charge in [0, 0.05) is 19.0 Å². The molecule has 2 aromatic rings. The fourth-order valence-electron chi connectivity index (χ4n) is 3.09. The van der Waals surface area contributed by atoms with E-state index in [2.05, 4.69) is 36.9 Å². The first-order chi connectivity index (χ1) is 9.67. The molecule has 0 fully saturated rings. The van der Waals surface area contributed by atoms with Gasteiger partial charge in [0.15, 0.2) is 0 Å². The molecule has 1 aliphatic heterocycles. The monoisotopic (exact) mass is 269 g/mol. The first-order valence-corrected chi connectivity index (χ1v) is 7.24. The summed E-state index contributed by atoms with van der Waals surface area (Å²) in [7, 11) is 0. The molecule has 1 nitrogen and oxygen atoms in total. The first kappa shape index (κ1) is 13.3. The van der Waals surface area contributed by atoms with Crippen molar-refractivity contribution in [2.75, 3.05) is 13.1 Å². The molecule has 20 heavy (non-hydrogen) atoms. The third kappa shape index (κ3) is 2.48. The fraction of sp³-hybridized carbons (Fsp3) is 0.333. The molecule has 2 heteroatoms. The van der Waals surface area contributed by atoms with Gasteiger partial charge in [-0.2, -0.15) is 0 Å². The van der Waals surface area contributed by atoms with Gasteiger partial charge in [-0.1, -0.05) is 42.8 Å². The second kappa shape index (κ2) is 5.37. The molecule has 0 spiro atoms. The van der Waals surface area contributed by atoms with E-state index in [0.717, 1.165) is 19.6 Å². The third-order valence-corrected chi connectivity index (χ3v) is 4.23. The molecule has 1 aliphatic rings. The van der Waals surface area contributed by atoms with Crippen molar-refractivity contribution in [3.8, 4) is 0 Å². The van der Waals surface area contributed by atoms with Crippen LogP contribution in [0.3, 0.4) is 0 Å². The lowest BCUT2D eigenvalue weighted by Gasteiger charge is -2.34. The Balaban J connectivity index is 2.04. The maximum Gasteiger partial charge on any atom is 0.123 e. The lowest BCUT2D eigenvalue weighted by Crippen LogP contribution is -2.33. The molecule has 1 atom stereocenters. The molecule has 0 aromatic heterocycles. The van der Waals surface area contributed by atoms with Gasteiger partial charge in [0.2, 0.25) is 0 Å². The summed E-state index contributed by atoms with van der Waals surface area (Å²) >= 11 is 0. The Morgan fingerprint density at radius 3 is 2.60 bits per heavy atom. The van der Waals surface area contributed by atoms with Gasteiger partial charge in [0.1, 0.15) is 5.82 Å². The largest absolute Gasteiger partial charge is 0.298 e. The van der Waals surface area contributed by atoms with Crippen LogP contribution in [-0.4, -0.2) is 18.0 Å². The Bertz CT molecular complexity index is 603. The van der Waals surface area contributed by atoms with Crippen LogP contribution in [0.1, 0.15) is 35.1 Å². The molecule has 0 radical (unpaired) electrons. The van der Waals surface area contributed by atoms with Crippen molar-refractivity contribution in [3.63, 3.8) is 0 Å². The standard InChI is InChI=1S/C18H20FN/c1-3-20-11-15-10-13(2)4-9-17(15)18(12-20)14-5-7-16(19)8-6-14/h4-10,18H,3,11-12H2,1-2H3. The van der Waals surface area contributed by atoms with E-state index in [9.17, 15) is 4.39 Å². The van der Waals surface area contributed by atoms with Gasteiger partial charge in [-0.05, 0) is 42.3 Å². The molecule has 0 saturated carbocycles. The highest BCUT2D eigenvalue weighted by Gasteiger charge is 2.25. The Labute approximate surface area is 120 Å². The molecule has 0 saturated heterocycles. The lowest BCUT2D eigenvalue weighted by atomic mass is 9.84. The number of fused-ring (bicyclic) bond motifs is 1. The minimum Gasteiger partial charge on any atom is -0.298 e. The SMILES string of the molecule is CCN1Cc2cc(C)ccc2C(c2ccc(F)cc2)C1. The summed E-state index contributed by atoms with van der Waals surface area (Å²) in [5.41, 5.74) is 5.31. The van der Waals surface area contributed by atoms with Crippen LogP contribution in [0.5, 0.6) is 0 Å². The molecule has 1 heterocycles. The smallest absolute Gasteiger partial charge is 0.123 e. The number of hydrogen-bond acceptors (Lipinski definition) is 1. The second-order valence-electron chi connectivity index (χ2n) is 5.63. The van der Waals surface area contributed by atoms with E-state index < -0.39 is 0 Å². The topological polar surface area (TPSA) is 3.24 Å². The van der Waals surface area contributed by atoms with Crippen LogP contribution in [0.25, 0.3) is 0 Å². The molecule has 2 aromatic carbocycles. The zero-order valence-corrected chi connectivity index (χ0v) is 12.1. The average Bonchev–Trinajstić information content (AvgIpc) is 2.46. The molecule has 1 unspecified atom stereocenters. The second-order valence-corrected chi connectivity index (χ2v) is 5.63. The van der Waals surface area contributed by atoms with Crippen molar-refractivity contribution in [3.05, 3.63) is 70.5 Å². The van der Waals surface area contributed by atoms with Gasteiger partial charge in [-0.15, -0.1) is 0 Å². The number of nitrogens with zero attached hydrogens (tertiary/aromatic N) is 1. The third-order valence-electron chi connectivity index (χ3n) is 4.23. The molecule has 0 bridgehead atoms. The quantitative estimate of drug-likeness (QED) is 0.793. The summed E-state index contributed by atoms with van der Waals surface area (Å²) in [6.07, 6.45) is 0. The Morgan fingerprint density at radius 1 is 1.15 bits per heavy atom. The predicted octanol–water partition coefficient (Wildman–Crippen LogP) is 4.10. The number of benzene rings is 2. The highest BCUT2D eigenvalue weighted by Crippen LogP contribution is 2.33. The number of hydrogen-bond donors (Lipinski definition) is 0. The Hall–Kier alpha value is -1.67.